The van der Waals surface area contributed by atoms with Gasteiger partial charge in [-0.25, -0.2) is 0 Å². The van der Waals surface area contributed by atoms with Gasteiger partial charge in [0.05, 0.1) is 0 Å². The number of anilines is 1. The summed E-state index contributed by atoms with van der Waals surface area (Å²) in [7, 11) is 0. The van der Waals surface area contributed by atoms with Gasteiger partial charge in [0.15, 0.2) is 0 Å². The van der Waals surface area contributed by atoms with Crippen LogP contribution in [0.5, 0.6) is 0 Å². The molecule has 1 fully saturated rings. The van der Waals surface area contributed by atoms with E-state index in [9.17, 15) is 4.79 Å². The second-order valence-electron chi connectivity index (χ2n) is 6.08. The van der Waals surface area contributed by atoms with Crippen LogP contribution in [0.4, 0.5) is 5.69 Å². The highest BCUT2D eigenvalue weighted by Crippen LogP contribution is 2.49. The Bertz CT molecular complexity index is 731. The molecule has 2 aromatic carbocycles. The Morgan fingerprint density at radius 1 is 1.16 bits per heavy atom. The monoisotopic (exact) mass is 398 g/mol. The van der Waals surface area contributed by atoms with Crippen LogP contribution in [0.25, 0.3) is 0 Å². The summed E-state index contributed by atoms with van der Waals surface area (Å²) >= 11 is 12.1. The Balaban J connectivity index is 0.00000225. The van der Waals surface area contributed by atoms with Crippen molar-refractivity contribution < 1.29 is 4.79 Å². The highest BCUT2D eigenvalue weighted by molar-refractivity contribution is 6.34. The summed E-state index contributed by atoms with van der Waals surface area (Å²) in [4.78, 5) is 12.6. The minimum absolute atomic E-state index is 0. The molecule has 1 saturated carbocycles. The number of amides is 1. The first-order valence-corrected chi connectivity index (χ1v) is 8.89. The molecule has 0 bridgehead atoms. The number of hydrogen-bond acceptors (Lipinski definition) is 2. The smallest absolute Gasteiger partial charge is 0.228 e. The molecule has 0 saturated heterocycles. The molecule has 2 N–H and O–H groups in total. The maximum Gasteiger partial charge on any atom is 0.228 e. The van der Waals surface area contributed by atoms with Gasteiger partial charge in [-0.2, -0.15) is 0 Å². The Labute approximate surface area is 164 Å². The standard InChI is InChI=1S/C19H20Cl2N2O.ClH/c1-2-22-11-12-5-3-4-6-18(12)23-19(24)17-10-16(17)13-7-14(20)9-15(21)8-13;/h3-9,16-17,22H,2,10-11H2,1H3,(H,23,24);1H. The second-order valence-corrected chi connectivity index (χ2v) is 6.95. The van der Waals surface area contributed by atoms with Gasteiger partial charge in [0.1, 0.15) is 0 Å². The summed E-state index contributed by atoms with van der Waals surface area (Å²) in [6, 6.07) is 13.4. The highest BCUT2D eigenvalue weighted by atomic mass is 35.5. The van der Waals surface area contributed by atoms with E-state index in [-0.39, 0.29) is 30.2 Å². The van der Waals surface area contributed by atoms with Gasteiger partial charge < -0.3 is 10.6 Å². The lowest BCUT2D eigenvalue weighted by Crippen LogP contribution is -2.18. The maximum atomic E-state index is 12.6. The van der Waals surface area contributed by atoms with Crippen LogP contribution in [0.2, 0.25) is 10.0 Å². The normalized spacial score (nSPS) is 18.4. The summed E-state index contributed by atoms with van der Waals surface area (Å²) < 4.78 is 0. The van der Waals surface area contributed by atoms with E-state index in [4.69, 9.17) is 23.2 Å². The third-order valence-electron chi connectivity index (χ3n) is 4.28. The molecular formula is C19H21Cl3N2O. The SMILES string of the molecule is CCNCc1ccccc1NC(=O)C1CC1c1cc(Cl)cc(Cl)c1.Cl. The fourth-order valence-electron chi connectivity index (χ4n) is 2.92. The first-order valence-electron chi connectivity index (χ1n) is 8.14. The van der Waals surface area contributed by atoms with Crippen molar-refractivity contribution in [2.24, 2.45) is 5.92 Å². The molecule has 2 unspecified atom stereocenters. The van der Waals surface area contributed by atoms with Crippen molar-refractivity contribution in [2.75, 3.05) is 11.9 Å². The van der Waals surface area contributed by atoms with Gasteiger partial charge in [-0.05, 0) is 54.3 Å². The molecule has 0 spiro atoms. The molecule has 0 heterocycles. The topological polar surface area (TPSA) is 41.1 Å². The number of carbonyl (C=O) groups is 1. The molecular weight excluding hydrogens is 379 g/mol. The molecule has 0 radical (unpaired) electrons. The quantitative estimate of drug-likeness (QED) is 0.695. The van der Waals surface area contributed by atoms with Gasteiger partial charge in [-0.1, -0.05) is 48.3 Å². The number of halogens is 3. The zero-order valence-corrected chi connectivity index (χ0v) is 16.2. The van der Waals surface area contributed by atoms with Gasteiger partial charge in [0.25, 0.3) is 0 Å². The average molecular weight is 400 g/mol. The molecule has 2 atom stereocenters. The fraction of sp³-hybridized carbons (Fsp3) is 0.316. The lowest BCUT2D eigenvalue weighted by atomic mass is 10.1. The van der Waals surface area contributed by atoms with Crippen LogP contribution in [0.3, 0.4) is 0 Å². The Hall–Kier alpha value is -1.26. The van der Waals surface area contributed by atoms with Crippen LogP contribution in [0.1, 0.15) is 30.4 Å². The molecule has 2 aromatic rings. The molecule has 1 amide bonds. The lowest BCUT2D eigenvalue weighted by Gasteiger charge is -2.11. The van der Waals surface area contributed by atoms with Crippen LogP contribution in [-0.4, -0.2) is 12.5 Å². The summed E-state index contributed by atoms with van der Waals surface area (Å²) in [5.41, 5.74) is 3.00. The minimum Gasteiger partial charge on any atom is -0.326 e. The summed E-state index contributed by atoms with van der Waals surface area (Å²) in [5, 5.41) is 7.58. The number of para-hydroxylation sites is 1. The molecule has 25 heavy (non-hydrogen) atoms. The lowest BCUT2D eigenvalue weighted by molar-refractivity contribution is -0.117. The molecule has 3 nitrogen and oxygen atoms in total. The van der Waals surface area contributed by atoms with E-state index in [2.05, 4.69) is 17.6 Å². The minimum atomic E-state index is -0.0216. The van der Waals surface area contributed by atoms with E-state index in [1.54, 1.807) is 6.07 Å². The first-order chi connectivity index (χ1) is 11.6. The summed E-state index contributed by atoms with van der Waals surface area (Å²) in [6.45, 7) is 3.69. The van der Waals surface area contributed by atoms with Gasteiger partial charge in [0.2, 0.25) is 5.91 Å². The van der Waals surface area contributed by atoms with E-state index >= 15 is 0 Å². The molecule has 1 aliphatic carbocycles. The number of carbonyl (C=O) groups excluding carboxylic acids is 1. The van der Waals surface area contributed by atoms with Crippen molar-refractivity contribution in [3.05, 3.63) is 63.6 Å². The van der Waals surface area contributed by atoms with E-state index in [1.165, 1.54) is 0 Å². The van der Waals surface area contributed by atoms with Crippen molar-refractivity contribution in [2.45, 2.75) is 25.8 Å². The van der Waals surface area contributed by atoms with Crippen molar-refractivity contribution >= 4 is 47.2 Å². The summed E-state index contributed by atoms with van der Waals surface area (Å²) in [5.74, 6) is 0.230. The number of benzene rings is 2. The van der Waals surface area contributed by atoms with Crippen LogP contribution in [0.15, 0.2) is 42.5 Å². The van der Waals surface area contributed by atoms with Crippen molar-refractivity contribution in [3.63, 3.8) is 0 Å². The molecule has 1 aliphatic rings. The number of nitrogens with one attached hydrogen (secondary N) is 2. The van der Waals surface area contributed by atoms with Crippen LogP contribution >= 0.6 is 35.6 Å². The van der Waals surface area contributed by atoms with Crippen LogP contribution in [-0.2, 0) is 11.3 Å². The molecule has 0 aromatic heterocycles. The third kappa shape index (κ3) is 5.11. The molecule has 3 rings (SSSR count). The van der Waals surface area contributed by atoms with E-state index in [0.717, 1.165) is 36.3 Å². The maximum absolute atomic E-state index is 12.6. The highest BCUT2D eigenvalue weighted by Gasteiger charge is 2.44. The molecule has 134 valence electrons. The Morgan fingerprint density at radius 3 is 2.52 bits per heavy atom. The largest absolute Gasteiger partial charge is 0.326 e. The average Bonchev–Trinajstić information content (AvgIpc) is 3.34. The summed E-state index contributed by atoms with van der Waals surface area (Å²) in [6.07, 6.45) is 0.831. The van der Waals surface area contributed by atoms with Gasteiger partial charge in [-0.15, -0.1) is 12.4 Å². The Kier molecular flexibility index (Phi) is 7.14. The van der Waals surface area contributed by atoms with Crippen molar-refractivity contribution in [1.82, 2.24) is 5.32 Å². The number of hydrogen-bond donors (Lipinski definition) is 2. The third-order valence-corrected chi connectivity index (χ3v) is 4.72. The van der Waals surface area contributed by atoms with E-state index in [0.29, 0.717) is 10.0 Å². The predicted molar refractivity (Wildman–Crippen MR) is 107 cm³/mol. The van der Waals surface area contributed by atoms with Crippen molar-refractivity contribution in [1.29, 1.82) is 0 Å². The van der Waals surface area contributed by atoms with Crippen molar-refractivity contribution in [3.8, 4) is 0 Å². The van der Waals surface area contributed by atoms with Gasteiger partial charge in [0, 0.05) is 28.2 Å². The van der Waals surface area contributed by atoms with Gasteiger partial charge >= 0.3 is 0 Å². The Morgan fingerprint density at radius 2 is 1.84 bits per heavy atom. The van der Waals surface area contributed by atoms with Gasteiger partial charge in [-0.3, -0.25) is 4.79 Å². The van der Waals surface area contributed by atoms with Crippen LogP contribution in [0, 0.1) is 5.92 Å². The first kappa shape index (κ1) is 20.1. The predicted octanol–water partition coefficient (Wildman–Crippen LogP) is 5.27. The zero-order valence-electron chi connectivity index (χ0n) is 13.9. The fourth-order valence-corrected chi connectivity index (χ4v) is 3.47. The van der Waals surface area contributed by atoms with Crippen LogP contribution < -0.4 is 10.6 Å². The molecule has 0 aliphatic heterocycles. The number of rotatable bonds is 6. The van der Waals surface area contributed by atoms with E-state index < -0.39 is 0 Å². The second kappa shape index (κ2) is 8.91. The van der Waals surface area contributed by atoms with E-state index in [1.807, 2.05) is 36.4 Å². The molecule has 6 heteroatoms. The zero-order chi connectivity index (χ0) is 17.1.